The van der Waals surface area contributed by atoms with Gasteiger partial charge in [0.25, 0.3) is 0 Å². The predicted octanol–water partition coefficient (Wildman–Crippen LogP) is 1.65. The first-order chi connectivity index (χ1) is 7.95. The molecule has 1 atom stereocenters. The number of nitrogens with zero attached hydrogens (tertiary/aromatic N) is 2. The van der Waals surface area contributed by atoms with Gasteiger partial charge in [-0.3, -0.25) is 4.68 Å². The second-order valence-corrected chi connectivity index (χ2v) is 5.28. The van der Waals surface area contributed by atoms with Crippen molar-refractivity contribution >= 4 is 0 Å². The van der Waals surface area contributed by atoms with Crippen molar-refractivity contribution in [2.75, 3.05) is 6.61 Å². The lowest BCUT2D eigenvalue weighted by molar-refractivity contribution is 0.210. The monoisotopic (exact) mass is 239 g/mol. The zero-order chi connectivity index (χ0) is 13.0. The van der Waals surface area contributed by atoms with Crippen LogP contribution >= 0.6 is 0 Å². The van der Waals surface area contributed by atoms with Gasteiger partial charge < -0.3 is 10.4 Å². The largest absolute Gasteiger partial charge is 0.395 e. The number of aliphatic hydroxyl groups excluding tert-OH is 1. The molecule has 17 heavy (non-hydrogen) atoms. The van der Waals surface area contributed by atoms with Crippen LogP contribution in [0.5, 0.6) is 0 Å². The molecular formula is C13H25N3O. The molecule has 0 aliphatic rings. The molecule has 2 N–H and O–H groups in total. The van der Waals surface area contributed by atoms with Crippen LogP contribution in [0, 0.1) is 5.92 Å². The second kappa shape index (κ2) is 6.17. The van der Waals surface area contributed by atoms with Crippen LogP contribution in [0.2, 0.25) is 0 Å². The molecule has 0 aliphatic heterocycles. The summed E-state index contributed by atoms with van der Waals surface area (Å²) in [5, 5.41) is 17.1. The van der Waals surface area contributed by atoms with Gasteiger partial charge in [0.2, 0.25) is 0 Å². The van der Waals surface area contributed by atoms with Gasteiger partial charge in [0.15, 0.2) is 0 Å². The minimum atomic E-state index is 0.148. The van der Waals surface area contributed by atoms with Crippen molar-refractivity contribution in [3.8, 4) is 0 Å². The molecule has 0 fully saturated rings. The molecule has 0 radical (unpaired) electrons. The van der Waals surface area contributed by atoms with Crippen molar-refractivity contribution in [2.24, 2.45) is 13.0 Å². The summed E-state index contributed by atoms with van der Waals surface area (Å²) in [5.41, 5.74) is 2.36. The Morgan fingerprint density at radius 2 is 2.00 bits per heavy atom. The molecule has 0 spiro atoms. The molecule has 0 aliphatic carbocycles. The smallest absolute Gasteiger partial charge is 0.0694 e. The van der Waals surface area contributed by atoms with Crippen LogP contribution in [0.1, 0.15) is 44.9 Å². The summed E-state index contributed by atoms with van der Waals surface area (Å²) in [4.78, 5) is 0. The molecule has 1 rings (SSSR count). The lowest BCUT2D eigenvalue weighted by Gasteiger charge is -2.20. The van der Waals surface area contributed by atoms with E-state index in [1.165, 1.54) is 5.56 Å². The van der Waals surface area contributed by atoms with Crippen LogP contribution in [0.15, 0.2) is 6.20 Å². The first-order valence-electron chi connectivity index (χ1n) is 6.32. The highest BCUT2D eigenvalue weighted by molar-refractivity contribution is 5.20. The number of nitrogens with one attached hydrogen (secondary N) is 1. The molecule has 0 aromatic carbocycles. The average molecular weight is 239 g/mol. The van der Waals surface area contributed by atoms with E-state index >= 15 is 0 Å². The van der Waals surface area contributed by atoms with Crippen molar-refractivity contribution in [1.29, 1.82) is 0 Å². The van der Waals surface area contributed by atoms with E-state index in [2.05, 4.69) is 44.3 Å². The number of rotatable bonds is 6. The minimum Gasteiger partial charge on any atom is -0.395 e. The maximum atomic E-state index is 9.27. The number of hydrogen-bond acceptors (Lipinski definition) is 3. The highest BCUT2D eigenvalue weighted by Gasteiger charge is 2.15. The number of aliphatic hydroxyl groups is 1. The molecule has 0 saturated carbocycles. The maximum Gasteiger partial charge on any atom is 0.0694 e. The number of aromatic nitrogens is 2. The van der Waals surface area contributed by atoms with Crippen molar-refractivity contribution in [2.45, 2.75) is 46.2 Å². The van der Waals surface area contributed by atoms with Gasteiger partial charge in [0.1, 0.15) is 0 Å². The molecule has 4 nitrogen and oxygen atoms in total. The van der Waals surface area contributed by atoms with E-state index in [1.54, 1.807) is 0 Å². The van der Waals surface area contributed by atoms with Gasteiger partial charge in [0.05, 0.1) is 12.3 Å². The van der Waals surface area contributed by atoms with Crippen molar-refractivity contribution < 1.29 is 5.11 Å². The third kappa shape index (κ3) is 3.82. The standard InChI is InChI=1S/C13H25N3O/c1-9(2)12(8-17)14-6-11-7-16(5)15-13(11)10(3)4/h7,9-10,12,14,17H,6,8H2,1-5H3. The molecule has 1 heterocycles. The minimum absolute atomic E-state index is 0.148. The molecule has 1 aromatic heterocycles. The Labute approximate surface area is 104 Å². The fraction of sp³-hybridized carbons (Fsp3) is 0.769. The third-order valence-corrected chi connectivity index (χ3v) is 3.04. The molecule has 0 bridgehead atoms. The summed E-state index contributed by atoms with van der Waals surface area (Å²) in [6.07, 6.45) is 2.05. The van der Waals surface area contributed by atoms with Crippen molar-refractivity contribution in [1.82, 2.24) is 15.1 Å². The Morgan fingerprint density at radius 3 is 2.47 bits per heavy atom. The molecule has 4 heteroatoms. The quantitative estimate of drug-likeness (QED) is 0.793. The normalized spacial score (nSPS) is 13.6. The number of hydrogen-bond donors (Lipinski definition) is 2. The van der Waals surface area contributed by atoms with E-state index in [0.29, 0.717) is 11.8 Å². The second-order valence-electron chi connectivity index (χ2n) is 5.28. The maximum absolute atomic E-state index is 9.27. The molecule has 0 amide bonds. The van der Waals surface area contributed by atoms with E-state index in [9.17, 15) is 5.11 Å². The van der Waals surface area contributed by atoms with Crippen LogP contribution in [-0.4, -0.2) is 27.5 Å². The molecular weight excluding hydrogens is 214 g/mol. The van der Waals surface area contributed by atoms with Gasteiger partial charge in [0, 0.05) is 31.4 Å². The van der Waals surface area contributed by atoms with Crippen molar-refractivity contribution in [3.05, 3.63) is 17.5 Å². The summed E-state index contributed by atoms with van der Waals surface area (Å²) in [7, 11) is 1.95. The van der Waals surface area contributed by atoms with E-state index in [4.69, 9.17) is 0 Å². The predicted molar refractivity (Wildman–Crippen MR) is 69.8 cm³/mol. The first-order valence-corrected chi connectivity index (χ1v) is 6.32. The van der Waals surface area contributed by atoms with Crippen molar-refractivity contribution in [3.63, 3.8) is 0 Å². The van der Waals surface area contributed by atoms with Gasteiger partial charge in [-0.15, -0.1) is 0 Å². The van der Waals surface area contributed by atoms with Crippen LogP contribution in [0.3, 0.4) is 0 Å². The van der Waals surface area contributed by atoms with E-state index in [0.717, 1.165) is 12.2 Å². The van der Waals surface area contributed by atoms with Crippen LogP contribution in [-0.2, 0) is 13.6 Å². The lowest BCUT2D eigenvalue weighted by Crippen LogP contribution is -2.36. The summed E-state index contributed by atoms with van der Waals surface area (Å²) in [5.74, 6) is 0.860. The number of aryl methyl sites for hydroxylation is 1. The fourth-order valence-electron chi connectivity index (χ4n) is 1.93. The van der Waals surface area contributed by atoms with E-state index in [-0.39, 0.29) is 12.6 Å². The van der Waals surface area contributed by atoms with Gasteiger partial charge in [-0.25, -0.2) is 0 Å². The highest BCUT2D eigenvalue weighted by Crippen LogP contribution is 2.17. The average Bonchev–Trinajstić information content (AvgIpc) is 2.60. The van der Waals surface area contributed by atoms with Gasteiger partial charge in [-0.1, -0.05) is 27.7 Å². The summed E-state index contributed by atoms with van der Waals surface area (Å²) in [6.45, 7) is 9.47. The highest BCUT2D eigenvalue weighted by atomic mass is 16.3. The Morgan fingerprint density at radius 1 is 1.35 bits per heavy atom. The SMILES string of the molecule is CC(C)c1nn(C)cc1CNC(CO)C(C)C. The lowest BCUT2D eigenvalue weighted by atomic mass is 10.0. The van der Waals surface area contributed by atoms with Crippen LogP contribution < -0.4 is 5.32 Å². The zero-order valence-corrected chi connectivity index (χ0v) is 11.6. The first kappa shape index (κ1) is 14.2. The van der Waals surface area contributed by atoms with E-state index in [1.807, 2.05) is 11.7 Å². The van der Waals surface area contributed by atoms with Gasteiger partial charge in [-0.05, 0) is 11.8 Å². The molecule has 1 unspecified atom stereocenters. The Balaban J connectivity index is 2.68. The topological polar surface area (TPSA) is 50.1 Å². The summed E-state index contributed by atoms with van der Waals surface area (Å²) >= 11 is 0. The van der Waals surface area contributed by atoms with Crippen LogP contribution in [0.4, 0.5) is 0 Å². The van der Waals surface area contributed by atoms with E-state index < -0.39 is 0 Å². The fourth-order valence-corrected chi connectivity index (χ4v) is 1.93. The molecule has 98 valence electrons. The van der Waals surface area contributed by atoms with Gasteiger partial charge >= 0.3 is 0 Å². The van der Waals surface area contributed by atoms with Crippen LogP contribution in [0.25, 0.3) is 0 Å². The summed E-state index contributed by atoms with van der Waals surface area (Å²) in [6, 6.07) is 0.148. The zero-order valence-electron chi connectivity index (χ0n) is 11.6. The Hall–Kier alpha value is -0.870. The van der Waals surface area contributed by atoms with Gasteiger partial charge in [-0.2, -0.15) is 5.10 Å². The molecule has 0 saturated heterocycles. The third-order valence-electron chi connectivity index (χ3n) is 3.04. The Kier molecular flexibility index (Phi) is 5.15. The molecule has 1 aromatic rings. The summed E-state index contributed by atoms with van der Waals surface area (Å²) < 4.78 is 1.86. The Bertz CT molecular complexity index is 344.